The summed E-state index contributed by atoms with van der Waals surface area (Å²) in [6, 6.07) is 0. The van der Waals surface area contributed by atoms with Gasteiger partial charge in [0.05, 0.1) is 6.10 Å². The number of aliphatic carboxylic acids is 1. The Bertz CT molecular complexity index is 403. The molecule has 3 aliphatic rings. The van der Waals surface area contributed by atoms with E-state index in [1.165, 1.54) is 5.57 Å². The number of rotatable bonds is 2. The number of ether oxygens (including phenoxy) is 1. The lowest BCUT2D eigenvalue weighted by Crippen LogP contribution is -2.43. The molecule has 100 valence electrons. The molecule has 0 aromatic heterocycles. The van der Waals surface area contributed by atoms with Crippen LogP contribution in [0.15, 0.2) is 12.2 Å². The number of carbonyl (C=O) groups is 1. The normalized spacial score (nSPS) is 50.3. The highest BCUT2D eigenvalue weighted by Crippen LogP contribution is 2.61. The van der Waals surface area contributed by atoms with Crippen LogP contribution < -0.4 is 0 Å². The average Bonchev–Trinajstić information content (AvgIpc) is 2.96. The zero-order valence-corrected chi connectivity index (χ0v) is 11.2. The van der Waals surface area contributed by atoms with Crippen LogP contribution in [0.25, 0.3) is 0 Å². The van der Waals surface area contributed by atoms with E-state index >= 15 is 0 Å². The third-order valence-electron chi connectivity index (χ3n) is 5.59. The summed E-state index contributed by atoms with van der Waals surface area (Å²) in [5, 5.41) is 9.08. The lowest BCUT2D eigenvalue weighted by Gasteiger charge is -2.44. The second kappa shape index (κ2) is 3.83. The highest BCUT2D eigenvalue weighted by Gasteiger charge is 2.65. The van der Waals surface area contributed by atoms with E-state index in [4.69, 9.17) is 9.84 Å². The van der Waals surface area contributed by atoms with Gasteiger partial charge in [-0.2, -0.15) is 0 Å². The van der Waals surface area contributed by atoms with Gasteiger partial charge in [0.1, 0.15) is 5.60 Å². The second-order valence-corrected chi connectivity index (χ2v) is 6.61. The summed E-state index contributed by atoms with van der Waals surface area (Å²) in [4.78, 5) is 11.0. The summed E-state index contributed by atoms with van der Waals surface area (Å²) in [5.74, 6) is 1.31. The van der Waals surface area contributed by atoms with Gasteiger partial charge < -0.3 is 9.84 Å². The Morgan fingerprint density at radius 2 is 2.28 bits per heavy atom. The van der Waals surface area contributed by atoms with Gasteiger partial charge in [0.15, 0.2) is 0 Å². The zero-order chi connectivity index (χ0) is 13.1. The fraction of sp³-hybridized carbons (Fsp3) is 0.800. The molecule has 3 fully saturated rings. The molecule has 1 aliphatic heterocycles. The molecular weight excluding hydrogens is 228 g/mol. The van der Waals surface area contributed by atoms with E-state index in [0.717, 1.165) is 19.3 Å². The Kier molecular flexibility index (Phi) is 2.60. The maximum Gasteiger partial charge on any atom is 0.303 e. The molecule has 2 saturated carbocycles. The van der Waals surface area contributed by atoms with Gasteiger partial charge >= 0.3 is 5.97 Å². The Hall–Kier alpha value is -0.830. The van der Waals surface area contributed by atoms with E-state index < -0.39 is 5.97 Å². The second-order valence-electron chi connectivity index (χ2n) is 6.61. The highest BCUT2D eigenvalue weighted by atomic mass is 16.6. The molecule has 1 N–H and O–H groups in total. The predicted octanol–water partition coefficient (Wildman–Crippen LogP) is 2.86. The van der Waals surface area contributed by atoms with Gasteiger partial charge in [-0.1, -0.05) is 19.9 Å². The lowest BCUT2D eigenvalue weighted by molar-refractivity contribution is -0.139. The van der Waals surface area contributed by atoms with E-state index in [2.05, 4.69) is 20.4 Å². The molecule has 0 spiro atoms. The number of fused-ring (bicyclic) bond motifs is 3. The fourth-order valence-electron chi connectivity index (χ4n) is 4.33. The van der Waals surface area contributed by atoms with Crippen molar-refractivity contribution in [2.45, 2.75) is 51.2 Å². The molecule has 0 unspecified atom stereocenters. The van der Waals surface area contributed by atoms with E-state index in [9.17, 15) is 4.79 Å². The summed E-state index contributed by atoms with van der Waals surface area (Å²) in [7, 11) is 0. The standard InChI is InChI=1S/C15H22O3/c1-8-4-5-10(7-12(16)17)13-11(8)6-9(2)15(3)14(13)18-15/h8,10-11,13-14H,2,4-7H2,1,3H3,(H,16,17)/t8-,10-,11+,13+,14+,15-/m1/s1. The molecule has 1 saturated heterocycles. The number of epoxide rings is 1. The van der Waals surface area contributed by atoms with Crippen LogP contribution in [0, 0.1) is 23.7 Å². The maximum atomic E-state index is 11.0. The largest absolute Gasteiger partial charge is 0.481 e. The highest BCUT2D eigenvalue weighted by molar-refractivity contribution is 5.67. The van der Waals surface area contributed by atoms with Gasteiger partial charge in [-0.05, 0) is 49.0 Å². The number of hydrogen-bond acceptors (Lipinski definition) is 2. The van der Waals surface area contributed by atoms with Crippen molar-refractivity contribution in [3.05, 3.63) is 12.2 Å². The summed E-state index contributed by atoms with van der Waals surface area (Å²) in [6.45, 7) is 8.60. The van der Waals surface area contributed by atoms with Crippen LogP contribution in [0.3, 0.4) is 0 Å². The van der Waals surface area contributed by atoms with Crippen LogP contribution >= 0.6 is 0 Å². The van der Waals surface area contributed by atoms with Crippen LogP contribution in [0.1, 0.15) is 39.5 Å². The van der Waals surface area contributed by atoms with Crippen molar-refractivity contribution in [1.82, 2.24) is 0 Å². The van der Waals surface area contributed by atoms with Gasteiger partial charge in [0, 0.05) is 6.42 Å². The lowest BCUT2D eigenvalue weighted by atomic mass is 9.58. The molecule has 1 heterocycles. The van der Waals surface area contributed by atoms with Crippen molar-refractivity contribution in [3.8, 4) is 0 Å². The van der Waals surface area contributed by atoms with Crippen molar-refractivity contribution in [1.29, 1.82) is 0 Å². The van der Waals surface area contributed by atoms with E-state index in [1.54, 1.807) is 0 Å². The summed E-state index contributed by atoms with van der Waals surface area (Å²) < 4.78 is 5.91. The van der Waals surface area contributed by atoms with Crippen molar-refractivity contribution >= 4 is 5.97 Å². The van der Waals surface area contributed by atoms with Crippen LogP contribution in [-0.2, 0) is 9.53 Å². The SMILES string of the molecule is C=C1C[C@@H]2[C@H]([C@@H](CC(=O)O)CC[C@H]2C)[C@@H]2O[C@]12C. The quantitative estimate of drug-likeness (QED) is 0.605. The van der Waals surface area contributed by atoms with E-state index in [-0.39, 0.29) is 11.7 Å². The topological polar surface area (TPSA) is 49.8 Å². The van der Waals surface area contributed by atoms with Gasteiger partial charge in [0.2, 0.25) is 0 Å². The monoisotopic (exact) mass is 250 g/mol. The molecule has 0 bridgehead atoms. The molecule has 3 rings (SSSR count). The summed E-state index contributed by atoms with van der Waals surface area (Å²) >= 11 is 0. The first-order chi connectivity index (χ1) is 8.43. The molecule has 0 aromatic carbocycles. The minimum absolute atomic E-state index is 0.144. The van der Waals surface area contributed by atoms with E-state index in [0.29, 0.717) is 30.1 Å². The van der Waals surface area contributed by atoms with Gasteiger partial charge in [-0.3, -0.25) is 4.79 Å². The van der Waals surface area contributed by atoms with Gasteiger partial charge in [-0.25, -0.2) is 0 Å². The Morgan fingerprint density at radius 1 is 1.56 bits per heavy atom. The molecule has 3 heteroatoms. The number of hydrogen-bond donors (Lipinski definition) is 1. The van der Waals surface area contributed by atoms with Crippen molar-refractivity contribution in [2.24, 2.45) is 23.7 Å². The molecule has 0 radical (unpaired) electrons. The maximum absolute atomic E-state index is 11.0. The number of carboxylic acid groups (broad SMARTS) is 1. The minimum Gasteiger partial charge on any atom is -0.481 e. The van der Waals surface area contributed by atoms with Crippen LogP contribution in [0.2, 0.25) is 0 Å². The van der Waals surface area contributed by atoms with Gasteiger partial charge in [0.25, 0.3) is 0 Å². The molecule has 18 heavy (non-hydrogen) atoms. The molecule has 0 aromatic rings. The average molecular weight is 250 g/mol. The third kappa shape index (κ3) is 1.63. The van der Waals surface area contributed by atoms with Crippen LogP contribution in [0.4, 0.5) is 0 Å². The van der Waals surface area contributed by atoms with Crippen molar-refractivity contribution in [3.63, 3.8) is 0 Å². The van der Waals surface area contributed by atoms with E-state index in [1.807, 2.05) is 0 Å². The summed E-state index contributed by atoms with van der Waals surface area (Å²) in [6.07, 6.45) is 3.74. The molecule has 3 nitrogen and oxygen atoms in total. The smallest absolute Gasteiger partial charge is 0.303 e. The van der Waals surface area contributed by atoms with Crippen LogP contribution in [-0.4, -0.2) is 22.8 Å². The van der Waals surface area contributed by atoms with Crippen LogP contribution in [0.5, 0.6) is 0 Å². The van der Waals surface area contributed by atoms with Crippen molar-refractivity contribution in [2.75, 3.05) is 0 Å². The predicted molar refractivity (Wildman–Crippen MR) is 68.2 cm³/mol. The first kappa shape index (κ1) is 12.2. The first-order valence-electron chi connectivity index (χ1n) is 7.01. The number of carboxylic acids is 1. The first-order valence-corrected chi connectivity index (χ1v) is 7.01. The molecule has 2 aliphatic carbocycles. The molecular formula is C15H22O3. The Morgan fingerprint density at radius 3 is 2.94 bits per heavy atom. The van der Waals surface area contributed by atoms with Gasteiger partial charge in [-0.15, -0.1) is 0 Å². The van der Waals surface area contributed by atoms with Crippen molar-refractivity contribution < 1.29 is 14.6 Å². The third-order valence-corrected chi connectivity index (χ3v) is 5.59. The summed E-state index contributed by atoms with van der Waals surface area (Å²) in [5.41, 5.74) is 1.08. The fourth-order valence-corrected chi connectivity index (χ4v) is 4.33. The Labute approximate surface area is 108 Å². The Balaban J connectivity index is 1.85. The molecule has 6 atom stereocenters. The zero-order valence-electron chi connectivity index (χ0n) is 11.2. The minimum atomic E-state index is -0.667. The molecule has 0 amide bonds.